The monoisotopic (exact) mass is 342 g/mol. The van der Waals surface area contributed by atoms with Crippen LogP contribution in [0.1, 0.15) is 51.0 Å². The van der Waals surface area contributed by atoms with E-state index in [9.17, 15) is 5.02 Å². The summed E-state index contributed by atoms with van der Waals surface area (Å²) in [6, 6.07) is 10.6. The van der Waals surface area contributed by atoms with Crippen LogP contribution in [0.15, 0.2) is 42.5 Å². The van der Waals surface area contributed by atoms with Crippen LogP contribution in [0.3, 0.4) is 0 Å². The van der Waals surface area contributed by atoms with Gasteiger partial charge < -0.3 is 9.76 Å². The molecule has 0 heterocycles. The van der Waals surface area contributed by atoms with Gasteiger partial charge in [0.25, 0.3) is 6.92 Å². The molecule has 2 rings (SSSR count). The number of hydrogen-bond donors (Lipinski definition) is 1. The molecule has 1 N–H and O–H groups in total. The van der Waals surface area contributed by atoms with Crippen molar-refractivity contribution in [3.8, 4) is 0 Å². The largest absolute Gasteiger partial charge is 0.450 e. The van der Waals surface area contributed by atoms with Crippen LogP contribution in [-0.4, -0.2) is 25.2 Å². The maximum atomic E-state index is 10.2. The Labute approximate surface area is 154 Å². The molecule has 1 aliphatic carbocycles. The SMILES string of the molecule is CCCCB(O)C[C@@H]1CCCC1/C=C/C(CCc1ccccc1)OC. The Morgan fingerprint density at radius 2 is 2.08 bits per heavy atom. The number of hydrogen-bond acceptors (Lipinski definition) is 2. The predicted molar refractivity (Wildman–Crippen MR) is 108 cm³/mol. The highest BCUT2D eigenvalue weighted by atomic mass is 16.5. The van der Waals surface area contributed by atoms with E-state index < -0.39 is 0 Å². The fourth-order valence-corrected chi connectivity index (χ4v) is 4.03. The van der Waals surface area contributed by atoms with Gasteiger partial charge in [-0.05, 0) is 49.3 Å². The van der Waals surface area contributed by atoms with E-state index in [1.807, 2.05) is 0 Å². The first-order chi connectivity index (χ1) is 12.2. The third-order valence-corrected chi connectivity index (χ3v) is 5.62. The Balaban J connectivity index is 1.80. The van der Waals surface area contributed by atoms with Gasteiger partial charge >= 0.3 is 0 Å². The number of methoxy groups -OCH3 is 1. The minimum Gasteiger partial charge on any atom is -0.450 e. The molecular weight excluding hydrogens is 307 g/mol. The van der Waals surface area contributed by atoms with Crippen LogP contribution < -0.4 is 0 Å². The fraction of sp³-hybridized carbons (Fsp3) is 0.636. The molecule has 0 spiro atoms. The summed E-state index contributed by atoms with van der Waals surface area (Å²) >= 11 is 0. The number of aryl methyl sites for hydroxylation is 1. The second-order valence-corrected chi connectivity index (χ2v) is 7.57. The summed E-state index contributed by atoms with van der Waals surface area (Å²) < 4.78 is 5.67. The van der Waals surface area contributed by atoms with Crippen molar-refractivity contribution in [3.05, 3.63) is 48.0 Å². The molecule has 138 valence electrons. The second kappa shape index (κ2) is 11.5. The van der Waals surface area contributed by atoms with E-state index in [1.165, 1.54) is 31.2 Å². The molecule has 2 nitrogen and oxygen atoms in total. The van der Waals surface area contributed by atoms with Gasteiger partial charge in [0.1, 0.15) is 0 Å². The summed E-state index contributed by atoms with van der Waals surface area (Å²) in [5, 5.41) is 10.2. The first-order valence-corrected chi connectivity index (χ1v) is 10.2. The van der Waals surface area contributed by atoms with Gasteiger partial charge in [-0.1, -0.05) is 75.1 Å². The highest BCUT2D eigenvalue weighted by molar-refractivity contribution is 6.50. The van der Waals surface area contributed by atoms with E-state index in [2.05, 4.69) is 49.4 Å². The first-order valence-electron chi connectivity index (χ1n) is 10.2. The topological polar surface area (TPSA) is 29.5 Å². The van der Waals surface area contributed by atoms with E-state index in [0.29, 0.717) is 11.8 Å². The lowest BCUT2D eigenvalue weighted by Gasteiger charge is -2.19. The lowest BCUT2D eigenvalue weighted by atomic mass is 9.56. The van der Waals surface area contributed by atoms with Gasteiger partial charge in [0, 0.05) is 7.11 Å². The standard InChI is InChI=1S/C22H35BO2/c1-3-4-17-23(24)18-21-12-8-11-20(21)14-16-22(25-2)15-13-19-9-6-5-7-10-19/h5-7,9-10,14,16,20-22,24H,3-4,8,11-13,15,17-18H2,1-2H3/b16-14+/t20?,21-,22?/m0/s1. The zero-order valence-electron chi connectivity index (χ0n) is 16.1. The van der Waals surface area contributed by atoms with Gasteiger partial charge in [0.15, 0.2) is 0 Å². The highest BCUT2D eigenvalue weighted by Crippen LogP contribution is 2.36. The van der Waals surface area contributed by atoms with Crippen molar-refractivity contribution < 1.29 is 9.76 Å². The van der Waals surface area contributed by atoms with Gasteiger partial charge in [-0.25, -0.2) is 0 Å². The summed E-state index contributed by atoms with van der Waals surface area (Å²) in [5.41, 5.74) is 1.37. The Morgan fingerprint density at radius 1 is 1.28 bits per heavy atom. The molecule has 1 aromatic rings. The molecule has 1 aromatic carbocycles. The first kappa shape index (κ1) is 20.3. The normalized spacial score (nSPS) is 21.7. The molecule has 0 radical (unpaired) electrons. The van der Waals surface area contributed by atoms with Crippen molar-refractivity contribution in [2.75, 3.05) is 7.11 Å². The number of allylic oxidation sites excluding steroid dienone is 1. The average Bonchev–Trinajstić information content (AvgIpc) is 3.08. The number of rotatable bonds is 11. The van der Waals surface area contributed by atoms with Crippen LogP contribution in [0.2, 0.25) is 12.6 Å². The van der Waals surface area contributed by atoms with Crippen LogP contribution in [-0.2, 0) is 11.2 Å². The van der Waals surface area contributed by atoms with Crippen LogP contribution in [0, 0.1) is 11.8 Å². The Morgan fingerprint density at radius 3 is 2.80 bits per heavy atom. The molecule has 3 atom stereocenters. The number of unbranched alkanes of at least 4 members (excludes halogenated alkanes) is 1. The third-order valence-electron chi connectivity index (χ3n) is 5.62. The summed E-state index contributed by atoms with van der Waals surface area (Å²) in [6.07, 6.45) is 15.0. The molecule has 1 fully saturated rings. The lowest BCUT2D eigenvalue weighted by molar-refractivity contribution is 0.133. The third kappa shape index (κ3) is 7.37. The fourth-order valence-electron chi connectivity index (χ4n) is 4.03. The van der Waals surface area contributed by atoms with E-state index >= 15 is 0 Å². The zero-order chi connectivity index (χ0) is 17.9. The van der Waals surface area contributed by atoms with Crippen LogP contribution >= 0.6 is 0 Å². The maximum Gasteiger partial charge on any atom is 0.289 e. The minimum atomic E-state index is -0.116. The molecule has 1 saturated carbocycles. The Hall–Kier alpha value is -1.06. The van der Waals surface area contributed by atoms with Gasteiger partial charge in [0.05, 0.1) is 6.10 Å². The molecular formula is C22H35BO2. The molecule has 0 bridgehead atoms. The van der Waals surface area contributed by atoms with E-state index in [0.717, 1.165) is 31.9 Å². The Bertz CT molecular complexity index is 488. The van der Waals surface area contributed by atoms with Crippen molar-refractivity contribution in [1.29, 1.82) is 0 Å². The number of ether oxygens (including phenoxy) is 1. The average molecular weight is 342 g/mol. The summed E-state index contributed by atoms with van der Waals surface area (Å²) in [7, 11) is 1.81. The summed E-state index contributed by atoms with van der Waals surface area (Å²) in [4.78, 5) is 0. The maximum absolute atomic E-state index is 10.2. The summed E-state index contributed by atoms with van der Waals surface area (Å²) in [6.45, 7) is 2.07. The molecule has 1 aliphatic rings. The van der Waals surface area contributed by atoms with Gasteiger partial charge in [-0.2, -0.15) is 0 Å². The predicted octanol–water partition coefficient (Wildman–Crippen LogP) is 5.39. The molecule has 25 heavy (non-hydrogen) atoms. The smallest absolute Gasteiger partial charge is 0.289 e. The van der Waals surface area contributed by atoms with Crippen molar-refractivity contribution >= 4 is 6.92 Å². The van der Waals surface area contributed by atoms with Crippen molar-refractivity contribution in [2.24, 2.45) is 11.8 Å². The van der Waals surface area contributed by atoms with Gasteiger partial charge in [-0.3, -0.25) is 0 Å². The molecule has 2 unspecified atom stereocenters. The van der Waals surface area contributed by atoms with E-state index in [1.54, 1.807) is 7.11 Å². The van der Waals surface area contributed by atoms with Crippen LogP contribution in [0.5, 0.6) is 0 Å². The van der Waals surface area contributed by atoms with Gasteiger partial charge in [0.2, 0.25) is 0 Å². The molecule has 0 aliphatic heterocycles. The molecule has 3 heteroatoms. The van der Waals surface area contributed by atoms with E-state index in [4.69, 9.17) is 4.74 Å². The van der Waals surface area contributed by atoms with Crippen LogP contribution in [0.25, 0.3) is 0 Å². The second-order valence-electron chi connectivity index (χ2n) is 7.57. The summed E-state index contributed by atoms with van der Waals surface area (Å²) in [5.74, 6) is 1.26. The molecule has 0 aromatic heterocycles. The van der Waals surface area contributed by atoms with Crippen molar-refractivity contribution in [3.63, 3.8) is 0 Å². The Kier molecular flexibility index (Phi) is 9.35. The zero-order valence-corrected chi connectivity index (χ0v) is 16.1. The molecule has 0 amide bonds. The highest BCUT2D eigenvalue weighted by Gasteiger charge is 2.28. The van der Waals surface area contributed by atoms with E-state index in [-0.39, 0.29) is 13.0 Å². The van der Waals surface area contributed by atoms with Crippen molar-refractivity contribution in [2.45, 2.75) is 70.6 Å². The number of benzene rings is 1. The quantitative estimate of drug-likeness (QED) is 0.431. The minimum absolute atomic E-state index is 0.116. The lowest BCUT2D eigenvalue weighted by Crippen LogP contribution is -2.19. The van der Waals surface area contributed by atoms with Crippen LogP contribution in [0.4, 0.5) is 0 Å². The molecule has 0 saturated heterocycles. The van der Waals surface area contributed by atoms with Crippen molar-refractivity contribution in [1.82, 2.24) is 0 Å². The van der Waals surface area contributed by atoms with Gasteiger partial charge in [-0.15, -0.1) is 0 Å².